The number of methoxy groups -OCH3 is 1. The fraction of sp³-hybridized carbons (Fsp3) is 0.545. The highest BCUT2D eigenvalue weighted by Crippen LogP contribution is 2.30. The molecule has 0 aromatic heterocycles. The van der Waals surface area contributed by atoms with E-state index >= 15 is 0 Å². The van der Waals surface area contributed by atoms with Gasteiger partial charge in [-0.05, 0) is 19.8 Å². The van der Waals surface area contributed by atoms with E-state index in [0.29, 0.717) is 12.8 Å². The van der Waals surface area contributed by atoms with Gasteiger partial charge in [-0.3, -0.25) is 4.79 Å². The molecule has 0 aromatic rings. The smallest absolute Gasteiger partial charge is 0.314 e. The maximum absolute atomic E-state index is 11.5. The van der Waals surface area contributed by atoms with Crippen molar-refractivity contribution in [1.29, 1.82) is 0 Å². The first-order valence-electron chi connectivity index (χ1n) is 4.51. The van der Waals surface area contributed by atoms with Crippen LogP contribution >= 0.6 is 0 Å². The van der Waals surface area contributed by atoms with Crippen LogP contribution in [0.3, 0.4) is 0 Å². The van der Waals surface area contributed by atoms with Gasteiger partial charge in [0.15, 0.2) is 0 Å². The third-order valence-electron chi connectivity index (χ3n) is 2.35. The Kier molecular flexibility index (Phi) is 5.16. The molecule has 0 fully saturated rings. The van der Waals surface area contributed by atoms with Crippen molar-refractivity contribution in [1.82, 2.24) is 0 Å². The van der Waals surface area contributed by atoms with Crippen molar-refractivity contribution in [3.63, 3.8) is 0 Å². The second-order valence-electron chi connectivity index (χ2n) is 3.44. The molecule has 1 N–H and O–H groups in total. The van der Waals surface area contributed by atoms with Crippen LogP contribution in [0.1, 0.15) is 19.8 Å². The summed E-state index contributed by atoms with van der Waals surface area (Å²) in [6, 6.07) is 0. The predicted molar refractivity (Wildman–Crippen MR) is 55.8 cm³/mol. The van der Waals surface area contributed by atoms with Crippen LogP contribution in [0.15, 0.2) is 25.3 Å². The molecule has 0 bridgehead atoms. The average molecular weight is 198 g/mol. The fourth-order valence-corrected chi connectivity index (χ4v) is 1.31. The average Bonchev–Trinajstić information content (AvgIpc) is 2.17. The standard InChI is InChI=1S/C11H18O3/c1-5-7-9(12)11(3,8-6-2)10(13)14-4/h5-6,9,12H,1-2,7-8H2,3-4H3/t9-,11-/m0/s1. The van der Waals surface area contributed by atoms with Crippen LogP contribution in [-0.2, 0) is 9.53 Å². The Morgan fingerprint density at radius 3 is 2.50 bits per heavy atom. The molecule has 0 aliphatic heterocycles. The number of rotatable bonds is 6. The van der Waals surface area contributed by atoms with E-state index in [1.54, 1.807) is 19.1 Å². The second kappa shape index (κ2) is 5.60. The third-order valence-corrected chi connectivity index (χ3v) is 2.35. The van der Waals surface area contributed by atoms with Crippen LogP contribution in [-0.4, -0.2) is 24.3 Å². The van der Waals surface area contributed by atoms with Crippen molar-refractivity contribution >= 4 is 5.97 Å². The van der Waals surface area contributed by atoms with Gasteiger partial charge in [0.1, 0.15) is 0 Å². The highest BCUT2D eigenvalue weighted by molar-refractivity contribution is 5.77. The lowest BCUT2D eigenvalue weighted by Gasteiger charge is -2.30. The Balaban J connectivity index is 4.76. The van der Waals surface area contributed by atoms with E-state index in [9.17, 15) is 9.90 Å². The summed E-state index contributed by atoms with van der Waals surface area (Å²) in [5, 5.41) is 9.78. The van der Waals surface area contributed by atoms with Crippen molar-refractivity contribution in [3.8, 4) is 0 Å². The van der Waals surface area contributed by atoms with Gasteiger partial charge in [0.2, 0.25) is 0 Å². The quantitative estimate of drug-likeness (QED) is 0.521. The molecule has 3 heteroatoms. The van der Waals surface area contributed by atoms with Crippen LogP contribution in [0.4, 0.5) is 0 Å². The van der Waals surface area contributed by atoms with Crippen molar-refractivity contribution in [2.45, 2.75) is 25.9 Å². The normalized spacial score (nSPS) is 16.5. The maximum Gasteiger partial charge on any atom is 0.314 e. The van der Waals surface area contributed by atoms with Crippen LogP contribution in [0.25, 0.3) is 0 Å². The highest BCUT2D eigenvalue weighted by atomic mass is 16.5. The second-order valence-corrected chi connectivity index (χ2v) is 3.44. The number of carbonyl (C=O) groups excluding carboxylic acids is 1. The minimum absolute atomic E-state index is 0.361. The number of esters is 1. The van der Waals surface area contributed by atoms with Gasteiger partial charge < -0.3 is 9.84 Å². The SMILES string of the molecule is C=CC[C@H](O)[C@](C)(CC=C)C(=O)OC. The van der Waals surface area contributed by atoms with Crippen LogP contribution < -0.4 is 0 Å². The summed E-state index contributed by atoms with van der Waals surface area (Å²) < 4.78 is 4.65. The molecule has 0 unspecified atom stereocenters. The van der Waals surface area contributed by atoms with Gasteiger partial charge in [0.25, 0.3) is 0 Å². The number of hydrogen-bond donors (Lipinski definition) is 1. The zero-order valence-corrected chi connectivity index (χ0v) is 8.82. The Labute approximate surface area is 85.1 Å². The van der Waals surface area contributed by atoms with E-state index < -0.39 is 17.5 Å². The first kappa shape index (κ1) is 12.9. The molecule has 0 heterocycles. The fourth-order valence-electron chi connectivity index (χ4n) is 1.31. The monoisotopic (exact) mass is 198 g/mol. The Morgan fingerprint density at radius 2 is 2.14 bits per heavy atom. The molecular weight excluding hydrogens is 180 g/mol. The Bertz CT molecular complexity index is 223. The molecule has 0 saturated heterocycles. The summed E-state index contributed by atoms with van der Waals surface area (Å²) >= 11 is 0. The largest absolute Gasteiger partial charge is 0.469 e. The molecule has 2 atom stereocenters. The van der Waals surface area contributed by atoms with Gasteiger partial charge in [0.05, 0.1) is 18.6 Å². The van der Waals surface area contributed by atoms with Gasteiger partial charge in [-0.1, -0.05) is 12.2 Å². The van der Waals surface area contributed by atoms with E-state index in [2.05, 4.69) is 17.9 Å². The zero-order valence-electron chi connectivity index (χ0n) is 8.82. The first-order chi connectivity index (χ1) is 6.52. The van der Waals surface area contributed by atoms with Crippen molar-refractivity contribution in [2.24, 2.45) is 5.41 Å². The Hall–Kier alpha value is -1.09. The molecule has 0 amide bonds. The summed E-state index contributed by atoms with van der Waals surface area (Å²) in [4.78, 5) is 11.5. The number of hydrogen-bond acceptors (Lipinski definition) is 3. The van der Waals surface area contributed by atoms with Gasteiger partial charge in [-0.15, -0.1) is 13.2 Å². The highest BCUT2D eigenvalue weighted by Gasteiger charge is 2.39. The lowest BCUT2D eigenvalue weighted by Crippen LogP contribution is -2.40. The van der Waals surface area contributed by atoms with E-state index in [1.807, 2.05) is 0 Å². The van der Waals surface area contributed by atoms with Gasteiger partial charge >= 0.3 is 5.97 Å². The van der Waals surface area contributed by atoms with Gasteiger partial charge in [-0.25, -0.2) is 0 Å². The van der Waals surface area contributed by atoms with E-state index in [4.69, 9.17) is 0 Å². The van der Waals surface area contributed by atoms with Crippen LogP contribution in [0, 0.1) is 5.41 Å². The first-order valence-corrected chi connectivity index (χ1v) is 4.51. The molecule has 0 aliphatic rings. The summed E-state index contributed by atoms with van der Waals surface area (Å²) in [6.07, 6.45) is 3.14. The number of ether oxygens (including phenoxy) is 1. The summed E-state index contributed by atoms with van der Waals surface area (Å²) in [7, 11) is 1.31. The number of aliphatic hydroxyl groups is 1. The zero-order chi connectivity index (χ0) is 11.2. The maximum atomic E-state index is 11.5. The van der Waals surface area contributed by atoms with Crippen molar-refractivity contribution < 1.29 is 14.6 Å². The Morgan fingerprint density at radius 1 is 1.57 bits per heavy atom. The number of allylic oxidation sites excluding steroid dienone is 1. The predicted octanol–water partition coefficient (Wildman–Crippen LogP) is 1.68. The van der Waals surface area contributed by atoms with E-state index in [1.165, 1.54) is 7.11 Å². The van der Waals surface area contributed by atoms with Gasteiger partial charge in [0, 0.05) is 0 Å². The molecule has 0 aliphatic carbocycles. The van der Waals surface area contributed by atoms with Crippen molar-refractivity contribution in [3.05, 3.63) is 25.3 Å². The molecule has 0 saturated carbocycles. The van der Waals surface area contributed by atoms with Crippen LogP contribution in [0.5, 0.6) is 0 Å². The molecule has 14 heavy (non-hydrogen) atoms. The molecule has 0 rings (SSSR count). The minimum atomic E-state index is -0.926. The minimum Gasteiger partial charge on any atom is -0.469 e. The summed E-state index contributed by atoms with van der Waals surface area (Å²) in [5.74, 6) is -0.424. The summed E-state index contributed by atoms with van der Waals surface area (Å²) in [6.45, 7) is 8.74. The van der Waals surface area contributed by atoms with Crippen LogP contribution in [0.2, 0.25) is 0 Å². The third kappa shape index (κ3) is 2.70. The lowest BCUT2D eigenvalue weighted by molar-refractivity contribution is -0.158. The molecule has 3 nitrogen and oxygen atoms in total. The number of carbonyl (C=O) groups is 1. The topological polar surface area (TPSA) is 46.5 Å². The van der Waals surface area contributed by atoms with Gasteiger partial charge in [-0.2, -0.15) is 0 Å². The molecule has 80 valence electrons. The number of aliphatic hydroxyl groups excluding tert-OH is 1. The van der Waals surface area contributed by atoms with E-state index in [0.717, 1.165) is 0 Å². The molecule has 0 radical (unpaired) electrons. The molecule has 0 aromatic carbocycles. The molecular formula is C11H18O3. The lowest BCUT2D eigenvalue weighted by atomic mass is 9.79. The van der Waals surface area contributed by atoms with Crippen molar-refractivity contribution in [2.75, 3.05) is 7.11 Å². The molecule has 0 spiro atoms. The summed E-state index contributed by atoms with van der Waals surface area (Å²) in [5.41, 5.74) is -0.926. The van der Waals surface area contributed by atoms with E-state index in [-0.39, 0.29) is 0 Å².